The number of benzene rings is 1. The molecule has 0 N–H and O–H groups in total. The first kappa shape index (κ1) is 12.6. The Kier molecular flexibility index (Phi) is 2.71. The summed E-state index contributed by atoms with van der Waals surface area (Å²) in [6, 6.07) is 6.22. The van der Waals surface area contributed by atoms with Crippen LogP contribution >= 0.6 is 0 Å². The lowest BCUT2D eigenvalue weighted by Crippen LogP contribution is -1.95. The van der Waals surface area contributed by atoms with Crippen molar-refractivity contribution in [1.82, 2.24) is 19.2 Å². The molecule has 0 aliphatic carbocycles. The highest BCUT2D eigenvalue weighted by molar-refractivity contribution is 5.76. The lowest BCUT2D eigenvalue weighted by molar-refractivity contribution is 0.111. The van der Waals surface area contributed by atoms with Crippen molar-refractivity contribution in [2.24, 2.45) is 7.05 Å². The van der Waals surface area contributed by atoms with Crippen molar-refractivity contribution in [3.63, 3.8) is 0 Å². The minimum Gasteiger partial charge on any atom is -0.296 e. The van der Waals surface area contributed by atoms with E-state index in [4.69, 9.17) is 0 Å². The second-order valence-corrected chi connectivity index (χ2v) is 5.09. The predicted molar refractivity (Wildman–Crippen MR) is 77.0 cm³/mol. The highest BCUT2D eigenvalue weighted by atomic mass is 16.1. The van der Waals surface area contributed by atoms with Gasteiger partial charge in [0.2, 0.25) is 5.78 Å². The maximum atomic E-state index is 11.1. The monoisotopic (exact) mass is 268 g/mol. The molecule has 5 nitrogen and oxygen atoms in total. The van der Waals surface area contributed by atoms with Gasteiger partial charge in [-0.15, -0.1) is 5.10 Å². The van der Waals surface area contributed by atoms with Crippen molar-refractivity contribution in [2.75, 3.05) is 0 Å². The zero-order valence-electron chi connectivity index (χ0n) is 12.0. The van der Waals surface area contributed by atoms with E-state index in [0.717, 1.165) is 17.7 Å². The molecule has 102 valence electrons. The van der Waals surface area contributed by atoms with Gasteiger partial charge in [0, 0.05) is 12.6 Å². The first-order chi connectivity index (χ1) is 9.52. The van der Waals surface area contributed by atoms with Crippen molar-refractivity contribution < 1.29 is 4.79 Å². The van der Waals surface area contributed by atoms with E-state index >= 15 is 0 Å². The molecule has 2 heterocycles. The average molecular weight is 268 g/mol. The minimum atomic E-state index is 0.505. The topological polar surface area (TPSA) is 52.2 Å². The zero-order valence-corrected chi connectivity index (χ0v) is 12.0. The molecule has 0 radical (unpaired) electrons. The summed E-state index contributed by atoms with van der Waals surface area (Å²) >= 11 is 0. The molecule has 20 heavy (non-hydrogen) atoms. The van der Waals surface area contributed by atoms with Gasteiger partial charge in [-0.05, 0) is 38.0 Å². The average Bonchev–Trinajstić information content (AvgIpc) is 2.89. The third-order valence-electron chi connectivity index (χ3n) is 3.75. The third kappa shape index (κ3) is 1.66. The summed E-state index contributed by atoms with van der Waals surface area (Å²) in [6.45, 7) is 5.97. The number of hydrogen-bond donors (Lipinski definition) is 0. The van der Waals surface area contributed by atoms with Crippen LogP contribution in [0.5, 0.6) is 0 Å². The largest absolute Gasteiger partial charge is 0.296 e. The fourth-order valence-corrected chi connectivity index (χ4v) is 2.35. The Bertz CT molecular complexity index is 826. The van der Waals surface area contributed by atoms with Crippen LogP contribution in [0.3, 0.4) is 0 Å². The number of carbonyl (C=O) groups is 1. The number of carbonyl (C=O) groups excluding carboxylic acids is 1. The number of aldehydes is 1. The molecular weight excluding hydrogens is 252 g/mol. The molecule has 0 unspecified atom stereocenters. The molecule has 3 aromatic rings. The number of aromatic nitrogens is 4. The van der Waals surface area contributed by atoms with Crippen molar-refractivity contribution in [1.29, 1.82) is 0 Å². The second kappa shape index (κ2) is 4.30. The molecule has 0 aliphatic heterocycles. The number of fused-ring (bicyclic) bond motifs is 1. The number of aryl methyl sites for hydroxylation is 4. The number of nitrogens with zero attached hydrogens (tertiary/aromatic N) is 4. The molecule has 0 fully saturated rings. The lowest BCUT2D eigenvalue weighted by atomic mass is 10.1. The van der Waals surface area contributed by atoms with Crippen molar-refractivity contribution in [2.45, 2.75) is 20.8 Å². The summed E-state index contributed by atoms with van der Waals surface area (Å²) in [7, 11) is 1.91. The first-order valence-electron chi connectivity index (χ1n) is 6.47. The van der Waals surface area contributed by atoms with E-state index in [1.165, 1.54) is 11.1 Å². The fraction of sp³-hybridized carbons (Fsp3) is 0.267. The molecule has 0 bridgehead atoms. The Morgan fingerprint density at radius 3 is 2.55 bits per heavy atom. The SMILES string of the molecule is Cc1ccc(-c2nn3c(C=O)c(C)nc3n2C)cc1C. The normalized spacial score (nSPS) is 11.2. The summed E-state index contributed by atoms with van der Waals surface area (Å²) < 4.78 is 3.51. The molecule has 3 rings (SSSR count). The maximum absolute atomic E-state index is 11.1. The second-order valence-electron chi connectivity index (χ2n) is 5.09. The van der Waals surface area contributed by atoms with E-state index in [1.54, 1.807) is 4.52 Å². The van der Waals surface area contributed by atoms with Crippen LogP contribution in [0.1, 0.15) is 27.3 Å². The summed E-state index contributed by atoms with van der Waals surface area (Å²) in [6.07, 6.45) is 0.798. The van der Waals surface area contributed by atoms with Crippen LogP contribution in [0, 0.1) is 20.8 Å². The molecule has 0 atom stereocenters. The van der Waals surface area contributed by atoms with Gasteiger partial charge in [0.05, 0.1) is 5.69 Å². The van der Waals surface area contributed by atoms with Crippen molar-refractivity contribution in [3.8, 4) is 11.4 Å². The smallest absolute Gasteiger partial charge is 0.233 e. The molecule has 0 amide bonds. The lowest BCUT2D eigenvalue weighted by Gasteiger charge is -2.04. The molecule has 5 heteroatoms. The third-order valence-corrected chi connectivity index (χ3v) is 3.75. The van der Waals surface area contributed by atoms with Gasteiger partial charge in [-0.2, -0.15) is 4.52 Å². The number of rotatable bonds is 2. The first-order valence-corrected chi connectivity index (χ1v) is 6.47. The summed E-state index contributed by atoms with van der Waals surface area (Å²) in [4.78, 5) is 15.5. The van der Waals surface area contributed by atoms with Crippen LogP contribution in [0.25, 0.3) is 17.2 Å². The molecule has 0 saturated carbocycles. The van der Waals surface area contributed by atoms with E-state index in [2.05, 4.69) is 36.1 Å². The Labute approximate surface area is 116 Å². The molecule has 2 aromatic heterocycles. The van der Waals surface area contributed by atoms with Crippen LogP contribution in [-0.4, -0.2) is 25.5 Å². The van der Waals surface area contributed by atoms with Crippen LogP contribution in [0.4, 0.5) is 0 Å². The van der Waals surface area contributed by atoms with Gasteiger partial charge in [-0.1, -0.05) is 12.1 Å². The zero-order chi connectivity index (χ0) is 14.4. The fourth-order valence-electron chi connectivity index (χ4n) is 2.35. The number of hydrogen-bond acceptors (Lipinski definition) is 3. The van der Waals surface area contributed by atoms with Gasteiger partial charge in [-0.25, -0.2) is 4.98 Å². The summed E-state index contributed by atoms with van der Waals surface area (Å²) in [5.41, 5.74) is 4.69. The van der Waals surface area contributed by atoms with Crippen molar-refractivity contribution >= 4 is 12.1 Å². The van der Waals surface area contributed by atoms with Gasteiger partial charge in [0.25, 0.3) is 0 Å². The minimum absolute atomic E-state index is 0.505. The van der Waals surface area contributed by atoms with Crippen LogP contribution in [-0.2, 0) is 7.05 Å². The van der Waals surface area contributed by atoms with E-state index in [-0.39, 0.29) is 0 Å². The van der Waals surface area contributed by atoms with Gasteiger partial charge in [0.1, 0.15) is 5.69 Å². The molecule has 0 spiro atoms. The molecule has 0 saturated heterocycles. The molecule has 1 aromatic carbocycles. The summed E-state index contributed by atoms with van der Waals surface area (Å²) in [5.74, 6) is 1.48. The molecular formula is C15H16N4O. The van der Waals surface area contributed by atoms with Gasteiger partial charge in [-0.3, -0.25) is 9.36 Å². The predicted octanol–water partition coefficient (Wildman–Crippen LogP) is 2.47. The standard InChI is InChI=1S/C15H16N4O/c1-9-5-6-12(7-10(9)2)14-17-19-13(8-20)11(3)16-15(19)18(14)4/h5-8H,1-4H3. The summed E-state index contributed by atoms with van der Waals surface area (Å²) in [5, 5.41) is 4.53. The van der Waals surface area contributed by atoms with Crippen LogP contribution in [0.15, 0.2) is 18.2 Å². The Morgan fingerprint density at radius 2 is 1.90 bits per heavy atom. The van der Waals surface area contributed by atoms with E-state index in [0.29, 0.717) is 17.2 Å². The Balaban J connectivity index is 2.26. The van der Waals surface area contributed by atoms with Gasteiger partial charge >= 0.3 is 0 Å². The van der Waals surface area contributed by atoms with Crippen LogP contribution in [0.2, 0.25) is 0 Å². The van der Waals surface area contributed by atoms with E-state index in [1.807, 2.05) is 24.6 Å². The van der Waals surface area contributed by atoms with E-state index in [9.17, 15) is 4.79 Å². The van der Waals surface area contributed by atoms with E-state index < -0.39 is 0 Å². The van der Waals surface area contributed by atoms with Gasteiger partial charge in [0.15, 0.2) is 12.1 Å². The number of imidazole rings is 1. The molecule has 0 aliphatic rings. The van der Waals surface area contributed by atoms with Gasteiger partial charge < -0.3 is 0 Å². The maximum Gasteiger partial charge on any atom is 0.233 e. The van der Waals surface area contributed by atoms with Crippen LogP contribution < -0.4 is 0 Å². The Hall–Kier alpha value is -2.43. The van der Waals surface area contributed by atoms with Crippen molar-refractivity contribution in [3.05, 3.63) is 40.7 Å². The quantitative estimate of drug-likeness (QED) is 0.671. The Morgan fingerprint density at radius 1 is 1.15 bits per heavy atom. The highest BCUT2D eigenvalue weighted by Crippen LogP contribution is 2.22. The highest BCUT2D eigenvalue weighted by Gasteiger charge is 2.17.